The van der Waals surface area contributed by atoms with E-state index in [1.54, 1.807) is 31.2 Å². The number of rotatable bonds is 4. The van der Waals surface area contributed by atoms with Crippen LogP contribution in [0.15, 0.2) is 33.5 Å². The molecule has 2 aliphatic heterocycles. The summed E-state index contributed by atoms with van der Waals surface area (Å²) in [6.45, 7) is 8.34. The lowest BCUT2D eigenvalue weighted by molar-refractivity contribution is -0.118. The average Bonchev–Trinajstić information content (AvgIpc) is 2.80. The monoisotopic (exact) mass is 465 g/mol. The second kappa shape index (κ2) is 8.27. The number of carbonyl (C=O) groups excluding carboxylic acids is 1. The van der Waals surface area contributed by atoms with Crippen LogP contribution < -0.4 is 29.9 Å². The van der Waals surface area contributed by atoms with Gasteiger partial charge in [0.05, 0.1) is 5.39 Å². The first-order valence-electron chi connectivity index (χ1n) is 11.3. The second-order valence-corrected chi connectivity index (χ2v) is 9.25. The number of carbonyl (C=O) groups is 1. The molecule has 0 aliphatic carbocycles. The van der Waals surface area contributed by atoms with Crippen molar-refractivity contribution < 1.29 is 28.2 Å². The van der Waals surface area contributed by atoms with E-state index in [9.17, 15) is 9.59 Å². The van der Waals surface area contributed by atoms with Crippen molar-refractivity contribution in [3.05, 3.63) is 51.4 Å². The molecular formula is C26H27NO7. The molecule has 5 rings (SSSR count). The van der Waals surface area contributed by atoms with Crippen LogP contribution in [0.2, 0.25) is 0 Å². The Morgan fingerprint density at radius 3 is 2.62 bits per heavy atom. The number of benzene rings is 2. The Kier molecular flexibility index (Phi) is 5.38. The number of amides is 1. The van der Waals surface area contributed by atoms with E-state index in [-0.39, 0.29) is 23.7 Å². The summed E-state index contributed by atoms with van der Waals surface area (Å²) in [5.74, 6) is 1.95. The van der Waals surface area contributed by atoms with Gasteiger partial charge in [-0.1, -0.05) is 0 Å². The molecule has 2 aromatic carbocycles. The fourth-order valence-electron chi connectivity index (χ4n) is 4.31. The molecule has 0 spiro atoms. The number of hydrogen-bond donors (Lipinski definition) is 1. The quantitative estimate of drug-likeness (QED) is 0.574. The van der Waals surface area contributed by atoms with E-state index in [2.05, 4.69) is 5.32 Å². The summed E-state index contributed by atoms with van der Waals surface area (Å²) in [4.78, 5) is 25.1. The molecule has 1 N–H and O–H groups in total. The predicted molar refractivity (Wildman–Crippen MR) is 127 cm³/mol. The van der Waals surface area contributed by atoms with Gasteiger partial charge >= 0.3 is 5.63 Å². The summed E-state index contributed by atoms with van der Waals surface area (Å²) in [5, 5.41) is 3.50. The third kappa shape index (κ3) is 4.04. The van der Waals surface area contributed by atoms with Crippen LogP contribution in [0.25, 0.3) is 11.0 Å². The molecule has 0 fully saturated rings. The third-order valence-electron chi connectivity index (χ3n) is 6.29. The van der Waals surface area contributed by atoms with Crippen molar-refractivity contribution in [3.63, 3.8) is 0 Å². The molecule has 0 bridgehead atoms. The maximum Gasteiger partial charge on any atom is 0.339 e. The van der Waals surface area contributed by atoms with Gasteiger partial charge in [-0.25, -0.2) is 4.79 Å². The van der Waals surface area contributed by atoms with Crippen molar-refractivity contribution in [2.24, 2.45) is 0 Å². The van der Waals surface area contributed by atoms with E-state index in [0.29, 0.717) is 58.4 Å². The van der Waals surface area contributed by atoms with Crippen LogP contribution in [0.5, 0.6) is 23.0 Å². The lowest BCUT2D eigenvalue weighted by Gasteiger charge is -2.33. The van der Waals surface area contributed by atoms with Crippen LogP contribution in [0, 0.1) is 13.8 Å². The Morgan fingerprint density at radius 1 is 1.06 bits per heavy atom. The van der Waals surface area contributed by atoms with Gasteiger partial charge in [-0.05, 0) is 58.2 Å². The molecule has 8 nitrogen and oxygen atoms in total. The van der Waals surface area contributed by atoms with Crippen LogP contribution in [-0.4, -0.2) is 31.3 Å². The van der Waals surface area contributed by atoms with E-state index in [0.717, 1.165) is 24.0 Å². The Balaban J connectivity index is 1.43. The topological polar surface area (TPSA) is 96.2 Å². The molecule has 0 atom stereocenters. The first kappa shape index (κ1) is 22.1. The zero-order chi connectivity index (χ0) is 24.0. The second-order valence-electron chi connectivity index (χ2n) is 9.25. The van der Waals surface area contributed by atoms with Gasteiger partial charge in [-0.2, -0.15) is 0 Å². The zero-order valence-electron chi connectivity index (χ0n) is 19.7. The molecule has 3 aromatic rings. The molecule has 178 valence electrons. The highest BCUT2D eigenvalue weighted by Crippen LogP contribution is 2.43. The van der Waals surface area contributed by atoms with Crippen molar-refractivity contribution >= 4 is 22.6 Å². The highest BCUT2D eigenvalue weighted by molar-refractivity contribution is 5.94. The van der Waals surface area contributed by atoms with Gasteiger partial charge in [0.2, 0.25) is 0 Å². The largest absolute Gasteiger partial charge is 0.487 e. The summed E-state index contributed by atoms with van der Waals surface area (Å²) in [7, 11) is 0. The molecule has 8 heteroatoms. The van der Waals surface area contributed by atoms with Crippen LogP contribution in [0.4, 0.5) is 5.69 Å². The van der Waals surface area contributed by atoms with Crippen molar-refractivity contribution in [1.29, 1.82) is 0 Å². The van der Waals surface area contributed by atoms with E-state index in [4.69, 9.17) is 23.4 Å². The molecule has 0 unspecified atom stereocenters. The van der Waals surface area contributed by atoms with E-state index >= 15 is 0 Å². The fraction of sp³-hybridized carbons (Fsp3) is 0.385. The molecule has 3 heterocycles. The van der Waals surface area contributed by atoms with Gasteiger partial charge in [0.25, 0.3) is 5.91 Å². The first-order valence-corrected chi connectivity index (χ1v) is 11.3. The van der Waals surface area contributed by atoms with Crippen molar-refractivity contribution in [3.8, 4) is 23.0 Å². The Morgan fingerprint density at radius 2 is 1.82 bits per heavy atom. The minimum atomic E-state index is -0.384. The van der Waals surface area contributed by atoms with Gasteiger partial charge in [-0.3, -0.25) is 4.79 Å². The molecule has 0 saturated carbocycles. The summed E-state index contributed by atoms with van der Waals surface area (Å²) >= 11 is 0. The molecule has 2 aliphatic rings. The number of fused-ring (bicyclic) bond motifs is 4. The van der Waals surface area contributed by atoms with Gasteiger partial charge in [-0.15, -0.1) is 0 Å². The average molecular weight is 466 g/mol. The normalized spacial score (nSPS) is 15.9. The number of aryl methyl sites for hydroxylation is 2. The molecular weight excluding hydrogens is 438 g/mol. The van der Waals surface area contributed by atoms with Crippen LogP contribution in [0.1, 0.15) is 37.0 Å². The third-order valence-corrected chi connectivity index (χ3v) is 6.29. The van der Waals surface area contributed by atoms with Gasteiger partial charge in [0, 0.05) is 28.9 Å². The molecule has 1 aromatic heterocycles. The highest BCUT2D eigenvalue weighted by Gasteiger charge is 2.31. The molecule has 1 amide bonds. The first-order chi connectivity index (χ1) is 16.2. The number of hydrogen-bond acceptors (Lipinski definition) is 7. The standard InChI is InChI=1S/C26H27NO7/c1-14-15(2)25(29)33-24-17-7-8-26(3,4)34-19(17)12-21(23(14)24)32-13-22(28)27-16-5-6-18-20(11-16)31-10-9-30-18/h5-6,11-12H,7-10,13H2,1-4H3,(H,27,28). The maximum atomic E-state index is 12.7. The minimum absolute atomic E-state index is 0.233. The van der Waals surface area contributed by atoms with Crippen molar-refractivity contribution in [2.45, 2.75) is 46.1 Å². The number of anilines is 1. The highest BCUT2D eigenvalue weighted by atomic mass is 16.6. The SMILES string of the molecule is Cc1c(C)c2c(OCC(=O)Nc3ccc4c(c3)OCCO4)cc3c(c2oc1=O)CCC(C)(C)O3. The number of nitrogens with one attached hydrogen (secondary N) is 1. The van der Waals surface area contributed by atoms with Crippen LogP contribution in [0.3, 0.4) is 0 Å². The lowest BCUT2D eigenvalue weighted by Crippen LogP contribution is -2.32. The molecule has 0 saturated heterocycles. The Hall–Kier alpha value is -3.68. The minimum Gasteiger partial charge on any atom is -0.487 e. The van der Waals surface area contributed by atoms with Crippen LogP contribution in [-0.2, 0) is 11.2 Å². The van der Waals surface area contributed by atoms with Gasteiger partial charge in [0.1, 0.15) is 35.9 Å². The zero-order valence-corrected chi connectivity index (χ0v) is 19.7. The number of ether oxygens (including phenoxy) is 4. The fourth-order valence-corrected chi connectivity index (χ4v) is 4.31. The molecule has 0 radical (unpaired) electrons. The summed E-state index contributed by atoms with van der Waals surface area (Å²) in [6.07, 6.45) is 1.51. The van der Waals surface area contributed by atoms with Crippen molar-refractivity contribution in [2.75, 3.05) is 25.1 Å². The van der Waals surface area contributed by atoms with E-state index in [1.807, 2.05) is 20.8 Å². The summed E-state index contributed by atoms with van der Waals surface area (Å²) < 4.78 is 28.9. The smallest absolute Gasteiger partial charge is 0.339 e. The lowest BCUT2D eigenvalue weighted by atomic mass is 9.92. The Bertz CT molecular complexity index is 1360. The van der Waals surface area contributed by atoms with E-state index < -0.39 is 0 Å². The van der Waals surface area contributed by atoms with Crippen molar-refractivity contribution in [1.82, 2.24) is 0 Å². The van der Waals surface area contributed by atoms with Gasteiger partial charge < -0.3 is 28.7 Å². The maximum absolute atomic E-state index is 12.7. The summed E-state index contributed by atoms with van der Waals surface area (Å²) in [5.41, 5.74) is 2.43. The predicted octanol–water partition coefficient (Wildman–Crippen LogP) is 4.30. The van der Waals surface area contributed by atoms with Gasteiger partial charge in [0.15, 0.2) is 18.1 Å². The van der Waals surface area contributed by atoms with E-state index in [1.165, 1.54) is 0 Å². The Labute approximate surface area is 196 Å². The summed E-state index contributed by atoms with van der Waals surface area (Å²) in [6, 6.07) is 7.02. The van der Waals surface area contributed by atoms with Crippen LogP contribution >= 0.6 is 0 Å². The molecule has 34 heavy (non-hydrogen) atoms.